The van der Waals surface area contributed by atoms with E-state index in [-0.39, 0.29) is 42.2 Å². The van der Waals surface area contributed by atoms with E-state index in [1.165, 1.54) is 32.1 Å². The molecule has 2 saturated heterocycles. The molecule has 60 heavy (non-hydrogen) atoms. The topological polar surface area (TPSA) is 178 Å². The second kappa shape index (κ2) is 14.6. The fourth-order valence-electron chi connectivity index (χ4n) is 10.3. The first kappa shape index (κ1) is 38.7. The SMILES string of the molecule is COc1cc2c(cc1O)CCN[C@]21CS[C@@H]2c3c(OC(=O)/C=C/c4ccccc4)c(C)c4c(c3[C@H](COC1=O)N1C2[C@@H]2N[C@@H](Cc3cc(C)c(OC)c(O)c32)[C@@H]1O)OCO4. The van der Waals surface area contributed by atoms with Crippen molar-refractivity contribution in [3.8, 4) is 40.2 Å². The number of thioether (sulfide) groups is 1. The number of nitrogens with zero attached hydrogens (tertiary/aromatic N) is 1. The highest BCUT2D eigenvalue weighted by Crippen LogP contribution is 2.63. The number of esters is 2. The number of ether oxygens (including phenoxy) is 6. The number of phenolic OH excluding ortho intramolecular Hbond substituents is 2. The molecule has 0 aromatic heterocycles. The number of phenols is 2. The standard InChI is InChI=1S/C45H45N3O11S/c1-21-14-25-15-27-43(52)48-28-18-56-44(53)45(26-17-30(54-3)29(49)16-24(26)12-13-46-45)19-60-42(36(48)35(47-27)32(25)37(51)38(21)55-4)34-33(28)41-40(57-20-58-41)22(2)39(34)59-31(50)11-10-23-8-6-5-7-9-23/h5-11,14,16-17,27-28,35-36,42-43,46-47,49,51-52H,12-13,15,18-20H2,1-4H3/b11-10+/t27-,28-,35+,36?,42+,43-,45+/m0/s1. The second-order valence-electron chi connectivity index (χ2n) is 16.1. The third kappa shape index (κ3) is 5.77. The Kier molecular flexibility index (Phi) is 9.44. The normalized spacial score (nSPS) is 27.4. The Labute approximate surface area is 350 Å². The van der Waals surface area contributed by atoms with Gasteiger partial charge in [0.25, 0.3) is 0 Å². The molecule has 312 valence electrons. The molecular formula is C45H45N3O11S. The minimum atomic E-state index is -1.39. The van der Waals surface area contributed by atoms with Gasteiger partial charge in [0.15, 0.2) is 40.0 Å². The predicted octanol–water partition coefficient (Wildman–Crippen LogP) is 4.76. The number of aromatic hydroxyl groups is 2. The number of benzene rings is 4. The maximum absolute atomic E-state index is 14.8. The van der Waals surface area contributed by atoms with Crippen LogP contribution in [0, 0.1) is 13.8 Å². The van der Waals surface area contributed by atoms with Crippen LogP contribution in [0.2, 0.25) is 0 Å². The number of aliphatic hydroxyl groups excluding tert-OH is 1. The summed E-state index contributed by atoms with van der Waals surface area (Å²) in [6.45, 7) is 3.82. The van der Waals surface area contributed by atoms with Crippen LogP contribution in [0.1, 0.15) is 67.4 Å². The molecule has 7 atom stereocenters. The van der Waals surface area contributed by atoms with E-state index in [9.17, 15) is 24.9 Å². The molecule has 0 amide bonds. The predicted molar refractivity (Wildman–Crippen MR) is 220 cm³/mol. The molecule has 15 heteroatoms. The quantitative estimate of drug-likeness (QED) is 0.106. The Bertz CT molecular complexity index is 2480. The molecule has 0 saturated carbocycles. The van der Waals surface area contributed by atoms with Crippen LogP contribution in [0.4, 0.5) is 0 Å². The molecule has 14 nitrogen and oxygen atoms in total. The molecule has 2 fully saturated rings. The van der Waals surface area contributed by atoms with Crippen LogP contribution in [0.25, 0.3) is 6.08 Å². The molecule has 1 spiro atoms. The van der Waals surface area contributed by atoms with Crippen molar-refractivity contribution in [2.24, 2.45) is 0 Å². The van der Waals surface area contributed by atoms with Crippen molar-refractivity contribution in [1.29, 1.82) is 0 Å². The zero-order chi connectivity index (χ0) is 41.6. The molecule has 1 unspecified atom stereocenters. The minimum Gasteiger partial charge on any atom is -0.504 e. The summed E-state index contributed by atoms with van der Waals surface area (Å²) in [6.07, 6.45) is 2.94. The van der Waals surface area contributed by atoms with Gasteiger partial charge in [0.2, 0.25) is 6.79 Å². The van der Waals surface area contributed by atoms with E-state index in [1.54, 1.807) is 18.2 Å². The highest BCUT2D eigenvalue weighted by molar-refractivity contribution is 7.99. The van der Waals surface area contributed by atoms with Gasteiger partial charge in [-0.3, -0.25) is 10.2 Å². The average Bonchev–Trinajstić information content (AvgIpc) is 3.74. The lowest BCUT2D eigenvalue weighted by atomic mass is 9.74. The average molecular weight is 836 g/mol. The Morgan fingerprint density at radius 1 is 0.983 bits per heavy atom. The van der Waals surface area contributed by atoms with E-state index in [0.717, 1.165) is 22.3 Å². The van der Waals surface area contributed by atoms with E-state index in [1.807, 2.05) is 55.1 Å². The molecule has 5 N–H and O–H groups in total. The first-order valence-electron chi connectivity index (χ1n) is 20.0. The van der Waals surface area contributed by atoms with Crippen LogP contribution in [0.3, 0.4) is 0 Å². The zero-order valence-electron chi connectivity index (χ0n) is 33.4. The summed E-state index contributed by atoms with van der Waals surface area (Å²) in [5.41, 5.74) is 4.91. The maximum Gasteiger partial charge on any atom is 0.336 e. The zero-order valence-corrected chi connectivity index (χ0v) is 34.3. The van der Waals surface area contributed by atoms with Crippen LogP contribution in [0.5, 0.6) is 40.2 Å². The highest BCUT2D eigenvalue weighted by Gasteiger charge is 2.60. The summed E-state index contributed by atoms with van der Waals surface area (Å²) >= 11 is 1.44. The van der Waals surface area contributed by atoms with Crippen LogP contribution in [-0.4, -0.2) is 90.4 Å². The van der Waals surface area contributed by atoms with Crippen LogP contribution in [0.15, 0.2) is 54.6 Å². The molecule has 4 bridgehead atoms. The summed E-state index contributed by atoms with van der Waals surface area (Å²) in [5, 5.41) is 41.9. The molecule has 7 aliphatic rings. The Hall–Kier alpha value is -5.45. The molecule has 4 aromatic rings. The van der Waals surface area contributed by atoms with Gasteiger partial charge in [0, 0.05) is 46.7 Å². The molecular weight excluding hydrogens is 791 g/mol. The number of hydrogen-bond acceptors (Lipinski definition) is 15. The lowest BCUT2D eigenvalue weighted by Gasteiger charge is -2.59. The van der Waals surface area contributed by atoms with Gasteiger partial charge >= 0.3 is 11.9 Å². The molecule has 11 rings (SSSR count). The number of carbonyl (C=O) groups is 2. The molecule has 0 aliphatic carbocycles. The molecule has 0 radical (unpaired) electrons. The van der Waals surface area contributed by atoms with Gasteiger partial charge < -0.3 is 49.1 Å². The third-order valence-corrected chi connectivity index (χ3v) is 14.4. The fourth-order valence-corrected chi connectivity index (χ4v) is 12.0. The van der Waals surface area contributed by atoms with Crippen LogP contribution in [-0.2, 0) is 32.7 Å². The first-order chi connectivity index (χ1) is 29.0. The van der Waals surface area contributed by atoms with Gasteiger partial charge in [0.1, 0.15) is 18.6 Å². The lowest BCUT2D eigenvalue weighted by Crippen LogP contribution is -2.69. The van der Waals surface area contributed by atoms with Gasteiger partial charge in [-0.05, 0) is 72.7 Å². The number of hydrogen-bond donors (Lipinski definition) is 5. The van der Waals surface area contributed by atoms with Crippen molar-refractivity contribution in [3.05, 3.63) is 105 Å². The maximum atomic E-state index is 14.8. The van der Waals surface area contributed by atoms with E-state index in [4.69, 9.17) is 28.4 Å². The number of aliphatic hydroxyl groups is 1. The molecule has 4 aromatic carbocycles. The number of fused-ring (bicyclic) bond motifs is 9. The van der Waals surface area contributed by atoms with Crippen molar-refractivity contribution >= 4 is 29.8 Å². The smallest absolute Gasteiger partial charge is 0.336 e. The van der Waals surface area contributed by atoms with Crippen LogP contribution >= 0.6 is 11.8 Å². The van der Waals surface area contributed by atoms with Crippen LogP contribution < -0.4 is 34.3 Å². The van der Waals surface area contributed by atoms with Crippen molar-refractivity contribution in [3.63, 3.8) is 0 Å². The second-order valence-corrected chi connectivity index (χ2v) is 17.2. The number of nitrogens with one attached hydrogen (secondary N) is 2. The molecule has 7 heterocycles. The van der Waals surface area contributed by atoms with E-state index in [0.29, 0.717) is 64.5 Å². The van der Waals surface area contributed by atoms with Crippen molar-refractivity contribution in [2.45, 2.75) is 67.9 Å². The fraction of sp³-hybridized carbons (Fsp3) is 0.378. The van der Waals surface area contributed by atoms with Gasteiger partial charge in [-0.25, -0.2) is 9.59 Å². The Morgan fingerprint density at radius 2 is 1.78 bits per heavy atom. The summed E-state index contributed by atoms with van der Waals surface area (Å²) in [7, 11) is 2.99. The van der Waals surface area contributed by atoms with E-state index in [2.05, 4.69) is 10.6 Å². The number of rotatable bonds is 5. The highest BCUT2D eigenvalue weighted by atomic mass is 32.2. The number of aryl methyl sites for hydroxylation is 1. The summed E-state index contributed by atoms with van der Waals surface area (Å²) in [4.78, 5) is 30.7. The van der Waals surface area contributed by atoms with Crippen molar-refractivity contribution < 1.29 is 53.3 Å². The Balaban J connectivity index is 1.20. The van der Waals surface area contributed by atoms with Crippen molar-refractivity contribution in [2.75, 3.05) is 39.9 Å². The van der Waals surface area contributed by atoms with Gasteiger partial charge in [-0.1, -0.05) is 36.4 Å². The van der Waals surface area contributed by atoms with Gasteiger partial charge in [-0.2, -0.15) is 0 Å². The lowest BCUT2D eigenvalue weighted by molar-refractivity contribution is -0.164. The van der Waals surface area contributed by atoms with E-state index >= 15 is 0 Å². The third-order valence-electron chi connectivity index (χ3n) is 12.9. The summed E-state index contributed by atoms with van der Waals surface area (Å²) in [6, 6.07) is 12.3. The largest absolute Gasteiger partial charge is 0.504 e. The number of carbonyl (C=O) groups excluding carboxylic acids is 2. The van der Waals surface area contributed by atoms with Gasteiger partial charge in [0.05, 0.1) is 37.6 Å². The van der Waals surface area contributed by atoms with E-state index < -0.39 is 53.1 Å². The number of piperazine rings is 1. The minimum absolute atomic E-state index is 0.00947. The monoisotopic (exact) mass is 835 g/mol. The number of methoxy groups -OCH3 is 2. The summed E-state index contributed by atoms with van der Waals surface area (Å²) in [5.74, 6) is 0.640. The Morgan fingerprint density at radius 3 is 2.57 bits per heavy atom. The summed E-state index contributed by atoms with van der Waals surface area (Å²) < 4.78 is 36.5. The first-order valence-corrected chi connectivity index (χ1v) is 21.1. The molecule has 7 aliphatic heterocycles. The van der Waals surface area contributed by atoms with Gasteiger partial charge in [-0.15, -0.1) is 11.8 Å². The van der Waals surface area contributed by atoms with Crippen molar-refractivity contribution in [1.82, 2.24) is 15.5 Å².